The molecule has 0 saturated heterocycles. The molecule has 0 N–H and O–H groups in total. The maximum atomic E-state index is 5.44. The van der Waals surface area contributed by atoms with Gasteiger partial charge in [0.25, 0.3) is 0 Å². The van der Waals surface area contributed by atoms with Crippen molar-refractivity contribution in [3.8, 4) is 73.2 Å². The summed E-state index contributed by atoms with van der Waals surface area (Å²) < 4.78 is 4.48. The minimum Gasteiger partial charge on any atom is -0.309 e. The van der Waals surface area contributed by atoms with Crippen LogP contribution in [0.1, 0.15) is 0 Å². The molecule has 0 spiro atoms. The zero-order valence-corrected chi connectivity index (χ0v) is 33.6. The Morgan fingerprint density at radius 2 is 0.887 bits per heavy atom. The summed E-state index contributed by atoms with van der Waals surface area (Å²) in [6.45, 7) is 0. The van der Waals surface area contributed by atoms with E-state index in [4.69, 9.17) is 15.1 Å². The van der Waals surface area contributed by atoms with Gasteiger partial charge in [-0.05, 0) is 65.5 Å². The van der Waals surface area contributed by atoms with Crippen LogP contribution in [0.25, 0.3) is 111 Å². The number of rotatable bonds is 7. The molecular weight excluding hydrogens is 755 g/mol. The monoisotopic (exact) mass is 791 g/mol. The highest BCUT2D eigenvalue weighted by atomic mass is 15.2. The minimum atomic E-state index is 0.667. The summed E-state index contributed by atoms with van der Waals surface area (Å²) in [6, 6.07) is 79.0. The van der Waals surface area contributed by atoms with Crippen LogP contribution in [0.3, 0.4) is 0 Å². The van der Waals surface area contributed by atoms with Crippen molar-refractivity contribution in [2.45, 2.75) is 0 Å². The number of hydrogen-bond acceptors (Lipinski definition) is 3. The fourth-order valence-corrected chi connectivity index (χ4v) is 9.05. The van der Waals surface area contributed by atoms with Crippen molar-refractivity contribution >= 4 is 38.1 Å². The first kappa shape index (κ1) is 35.5. The van der Waals surface area contributed by atoms with E-state index in [9.17, 15) is 0 Å². The Balaban J connectivity index is 1.04. The zero-order chi connectivity index (χ0) is 41.0. The van der Waals surface area contributed by atoms with E-state index in [1.165, 1.54) is 21.8 Å². The molecule has 0 aliphatic rings. The number of fused-ring (bicyclic) bond motifs is 6. The van der Waals surface area contributed by atoms with Gasteiger partial charge in [0, 0.05) is 55.2 Å². The highest BCUT2D eigenvalue weighted by molar-refractivity contribution is 6.10. The molecule has 0 atom stereocenters. The lowest BCUT2D eigenvalue weighted by molar-refractivity contribution is 0.979. The van der Waals surface area contributed by atoms with E-state index >= 15 is 0 Å². The first-order chi connectivity index (χ1) is 30.7. The molecule has 62 heavy (non-hydrogen) atoms. The predicted molar refractivity (Wildman–Crippen MR) is 255 cm³/mol. The normalized spacial score (nSPS) is 11.5. The fourth-order valence-electron chi connectivity index (χ4n) is 9.05. The summed E-state index contributed by atoms with van der Waals surface area (Å²) in [5.74, 6) is 0.667. The van der Waals surface area contributed by atoms with E-state index in [0.717, 1.165) is 83.7 Å². The molecule has 0 unspecified atom stereocenters. The molecule has 0 aliphatic heterocycles. The zero-order valence-electron chi connectivity index (χ0n) is 33.6. The lowest BCUT2D eigenvalue weighted by Gasteiger charge is -2.13. The van der Waals surface area contributed by atoms with Crippen LogP contribution in [-0.2, 0) is 0 Å². The Hall–Kier alpha value is -8.41. The number of benzene rings is 8. The average molecular weight is 792 g/mol. The van der Waals surface area contributed by atoms with Gasteiger partial charge in [0.1, 0.15) is 5.69 Å². The third-order valence-corrected chi connectivity index (χ3v) is 11.9. The molecule has 12 aromatic rings. The van der Waals surface area contributed by atoms with Crippen molar-refractivity contribution in [2.75, 3.05) is 0 Å². The molecular formula is C57H37N5. The van der Waals surface area contributed by atoms with E-state index in [1.807, 2.05) is 6.07 Å². The lowest BCUT2D eigenvalue weighted by atomic mass is 9.95. The Bertz CT molecular complexity index is 3550. The van der Waals surface area contributed by atoms with Gasteiger partial charge in [0.05, 0.1) is 33.6 Å². The summed E-state index contributed by atoms with van der Waals surface area (Å²) in [5, 5.41) is 10.2. The molecule has 12 rings (SSSR count). The molecule has 290 valence electrons. The molecule has 8 aromatic carbocycles. The van der Waals surface area contributed by atoms with Gasteiger partial charge < -0.3 is 4.57 Å². The van der Waals surface area contributed by atoms with Gasteiger partial charge in [-0.25, -0.2) is 14.5 Å². The number of nitrogens with zero attached hydrogens (tertiary/aromatic N) is 5. The smallest absolute Gasteiger partial charge is 0.160 e. The van der Waals surface area contributed by atoms with Gasteiger partial charge in [-0.1, -0.05) is 170 Å². The summed E-state index contributed by atoms with van der Waals surface area (Å²) in [7, 11) is 0. The third kappa shape index (κ3) is 5.98. The number of hydrogen-bond donors (Lipinski definition) is 0. The van der Waals surface area contributed by atoms with Crippen molar-refractivity contribution in [1.29, 1.82) is 0 Å². The molecule has 0 fully saturated rings. The van der Waals surface area contributed by atoms with Crippen LogP contribution in [0.4, 0.5) is 0 Å². The van der Waals surface area contributed by atoms with Crippen LogP contribution >= 0.6 is 0 Å². The van der Waals surface area contributed by atoms with Crippen LogP contribution in [-0.4, -0.2) is 24.1 Å². The molecule has 4 aromatic heterocycles. The van der Waals surface area contributed by atoms with Crippen molar-refractivity contribution in [2.24, 2.45) is 0 Å². The molecule has 5 nitrogen and oxygen atoms in total. The van der Waals surface area contributed by atoms with Crippen LogP contribution in [0.5, 0.6) is 0 Å². The summed E-state index contributed by atoms with van der Waals surface area (Å²) in [5.41, 5.74) is 15.4. The van der Waals surface area contributed by atoms with Gasteiger partial charge >= 0.3 is 0 Å². The van der Waals surface area contributed by atoms with Gasteiger partial charge in [-0.3, -0.25) is 0 Å². The van der Waals surface area contributed by atoms with E-state index in [1.54, 1.807) is 0 Å². The minimum absolute atomic E-state index is 0.667. The topological polar surface area (TPSA) is 48.0 Å². The van der Waals surface area contributed by atoms with Crippen LogP contribution < -0.4 is 0 Å². The predicted octanol–water partition coefficient (Wildman–Crippen LogP) is 14.4. The SMILES string of the molecule is c1ccc(-c2cc(-c3cccc(-c4c(-c5ccccc5)nn5c(-c6ccccc6)cc6ccccc6c45)c3)nc(-c3ccc(-n4c5ccccc5c5ccccc54)cc3)n2)cc1. The van der Waals surface area contributed by atoms with E-state index < -0.39 is 0 Å². The second-order valence-electron chi connectivity index (χ2n) is 15.7. The molecule has 0 radical (unpaired) electrons. The number of para-hydroxylation sites is 2. The van der Waals surface area contributed by atoms with Crippen molar-refractivity contribution < 1.29 is 0 Å². The van der Waals surface area contributed by atoms with Gasteiger partial charge in [-0.2, -0.15) is 5.10 Å². The second kappa shape index (κ2) is 14.7. The number of aromatic nitrogens is 5. The van der Waals surface area contributed by atoms with Crippen LogP contribution in [0, 0.1) is 0 Å². The summed E-state index contributed by atoms with van der Waals surface area (Å²) in [4.78, 5) is 10.5. The van der Waals surface area contributed by atoms with Crippen LogP contribution in [0.2, 0.25) is 0 Å². The van der Waals surface area contributed by atoms with Crippen molar-refractivity contribution in [3.05, 3.63) is 224 Å². The molecule has 4 heterocycles. The maximum Gasteiger partial charge on any atom is 0.160 e. The molecule has 0 aliphatic carbocycles. The van der Waals surface area contributed by atoms with Crippen molar-refractivity contribution in [1.82, 2.24) is 24.1 Å². The first-order valence-corrected chi connectivity index (χ1v) is 20.9. The third-order valence-electron chi connectivity index (χ3n) is 11.9. The standard InChI is InChI=1S/C57H37N5/c1-4-17-38(18-5-1)49-37-50(59-57(58-49)41-31-33-45(34-32-41)61-51-29-14-12-27-47(51)48-28-13-15-30-52(48)61)43-24-16-25-44(35-43)54-55(40-21-8-3-9-22-40)60-62-53(39-19-6-2-7-20-39)36-42-23-10-11-26-46(42)56(54)62/h1-37H. The number of pyridine rings is 1. The highest BCUT2D eigenvalue weighted by Gasteiger charge is 2.22. The first-order valence-electron chi connectivity index (χ1n) is 20.9. The summed E-state index contributed by atoms with van der Waals surface area (Å²) >= 11 is 0. The highest BCUT2D eigenvalue weighted by Crippen LogP contribution is 2.42. The maximum absolute atomic E-state index is 5.44. The largest absolute Gasteiger partial charge is 0.309 e. The summed E-state index contributed by atoms with van der Waals surface area (Å²) in [6.07, 6.45) is 0. The van der Waals surface area contributed by atoms with Gasteiger partial charge in [-0.15, -0.1) is 0 Å². The van der Waals surface area contributed by atoms with Crippen LogP contribution in [0.15, 0.2) is 224 Å². The molecule has 0 amide bonds. The Labute approximate surface area is 358 Å². The second-order valence-corrected chi connectivity index (χ2v) is 15.7. The molecule has 5 heteroatoms. The van der Waals surface area contributed by atoms with Gasteiger partial charge in [0.15, 0.2) is 5.82 Å². The average Bonchev–Trinajstić information content (AvgIpc) is 3.92. The molecule has 0 bridgehead atoms. The fraction of sp³-hybridized carbons (Fsp3) is 0. The van der Waals surface area contributed by atoms with E-state index in [2.05, 4.69) is 227 Å². The lowest BCUT2D eigenvalue weighted by Crippen LogP contribution is -1.97. The quantitative estimate of drug-likeness (QED) is 0.162. The Morgan fingerprint density at radius 3 is 1.56 bits per heavy atom. The Kier molecular flexibility index (Phi) is 8.42. The molecule has 0 saturated carbocycles. The van der Waals surface area contributed by atoms with E-state index in [-0.39, 0.29) is 0 Å². The van der Waals surface area contributed by atoms with E-state index in [0.29, 0.717) is 5.82 Å². The van der Waals surface area contributed by atoms with Crippen molar-refractivity contribution in [3.63, 3.8) is 0 Å². The Morgan fingerprint density at radius 1 is 0.355 bits per heavy atom. The van der Waals surface area contributed by atoms with Gasteiger partial charge in [0.2, 0.25) is 0 Å².